The van der Waals surface area contributed by atoms with Gasteiger partial charge in [-0.15, -0.1) is 0 Å². The number of esters is 1. The molecule has 1 heterocycles. The lowest BCUT2D eigenvalue weighted by molar-refractivity contribution is 0.0478. The van der Waals surface area contributed by atoms with Gasteiger partial charge in [0.2, 0.25) is 0 Å². The molecule has 0 fully saturated rings. The van der Waals surface area contributed by atoms with Crippen molar-refractivity contribution < 1.29 is 19.0 Å². The minimum Gasteiger partial charge on any atom is -0.462 e. The predicted molar refractivity (Wildman–Crippen MR) is 96.4 cm³/mol. The van der Waals surface area contributed by atoms with Crippen molar-refractivity contribution in [3.8, 4) is 11.5 Å². The highest BCUT2D eigenvalue weighted by molar-refractivity contribution is 5.94. The Morgan fingerprint density at radius 1 is 1.16 bits per heavy atom. The fraction of sp³-hybridized carbons (Fsp3) is 0.381. The summed E-state index contributed by atoms with van der Waals surface area (Å²) < 4.78 is 17.2. The Kier molecular flexibility index (Phi) is 5.39. The number of ether oxygens (including phenoxy) is 3. The van der Waals surface area contributed by atoms with Gasteiger partial charge >= 0.3 is 5.97 Å². The van der Waals surface area contributed by atoms with Gasteiger partial charge in [-0.05, 0) is 43.5 Å². The van der Waals surface area contributed by atoms with Crippen LogP contribution in [0.1, 0.15) is 60.3 Å². The SMILES string of the molecule is CCCOC(=O)c1c(C(C)OCC)ccc2c1Cc1ccccc1O2. The van der Waals surface area contributed by atoms with Crippen molar-refractivity contribution in [2.75, 3.05) is 13.2 Å². The van der Waals surface area contributed by atoms with Gasteiger partial charge in [-0.25, -0.2) is 4.79 Å². The second kappa shape index (κ2) is 7.70. The van der Waals surface area contributed by atoms with Crippen LogP contribution in [0.3, 0.4) is 0 Å². The maximum Gasteiger partial charge on any atom is 0.338 e. The molecule has 0 N–H and O–H groups in total. The molecule has 0 saturated heterocycles. The van der Waals surface area contributed by atoms with Gasteiger partial charge in [0, 0.05) is 18.6 Å². The zero-order chi connectivity index (χ0) is 17.8. The second-order valence-corrected chi connectivity index (χ2v) is 6.13. The third-order valence-corrected chi connectivity index (χ3v) is 4.36. The Bertz CT molecular complexity index is 766. The lowest BCUT2D eigenvalue weighted by atomic mass is 9.91. The summed E-state index contributed by atoms with van der Waals surface area (Å²) in [6.07, 6.45) is 1.25. The quantitative estimate of drug-likeness (QED) is 0.589. The fourth-order valence-corrected chi connectivity index (χ4v) is 3.16. The standard InChI is InChI=1S/C21H24O4/c1-4-12-24-21(22)20-16(14(3)23-5-2)10-11-19-17(20)13-15-8-6-7-9-18(15)25-19/h6-11,14H,4-5,12-13H2,1-3H3. The van der Waals surface area contributed by atoms with Crippen LogP contribution in [0.2, 0.25) is 0 Å². The van der Waals surface area contributed by atoms with E-state index in [4.69, 9.17) is 14.2 Å². The molecule has 4 heteroatoms. The molecule has 25 heavy (non-hydrogen) atoms. The smallest absolute Gasteiger partial charge is 0.338 e. The Morgan fingerprint density at radius 2 is 1.96 bits per heavy atom. The zero-order valence-electron chi connectivity index (χ0n) is 15.0. The van der Waals surface area contributed by atoms with Crippen molar-refractivity contribution in [2.45, 2.75) is 39.7 Å². The first-order chi connectivity index (χ1) is 12.2. The van der Waals surface area contributed by atoms with Gasteiger partial charge in [0.05, 0.1) is 18.3 Å². The number of carbonyl (C=O) groups excluding carboxylic acids is 1. The van der Waals surface area contributed by atoms with Crippen LogP contribution in [0.15, 0.2) is 36.4 Å². The van der Waals surface area contributed by atoms with E-state index in [1.54, 1.807) is 0 Å². The summed E-state index contributed by atoms with van der Waals surface area (Å²) in [5, 5.41) is 0. The lowest BCUT2D eigenvalue weighted by Gasteiger charge is -2.25. The number of hydrogen-bond acceptors (Lipinski definition) is 4. The molecule has 1 aliphatic rings. The van der Waals surface area contributed by atoms with E-state index < -0.39 is 0 Å². The van der Waals surface area contributed by atoms with E-state index in [9.17, 15) is 4.79 Å². The molecule has 0 saturated carbocycles. The number of fused-ring (bicyclic) bond motifs is 2. The van der Waals surface area contributed by atoms with Crippen LogP contribution in [0.4, 0.5) is 0 Å². The van der Waals surface area contributed by atoms with Gasteiger partial charge in [0.1, 0.15) is 11.5 Å². The Labute approximate surface area is 148 Å². The van der Waals surface area contributed by atoms with E-state index in [2.05, 4.69) is 0 Å². The van der Waals surface area contributed by atoms with Gasteiger partial charge in [0.15, 0.2) is 0 Å². The van der Waals surface area contributed by atoms with Gasteiger partial charge in [-0.3, -0.25) is 0 Å². The van der Waals surface area contributed by atoms with Gasteiger partial charge in [-0.1, -0.05) is 31.2 Å². The first kappa shape index (κ1) is 17.5. The van der Waals surface area contributed by atoms with Crippen LogP contribution >= 0.6 is 0 Å². The molecule has 2 aromatic rings. The number of carbonyl (C=O) groups is 1. The van der Waals surface area contributed by atoms with Crippen LogP contribution in [0.5, 0.6) is 11.5 Å². The average molecular weight is 340 g/mol. The highest BCUT2D eigenvalue weighted by atomic mass is 16.5. The zero-order valence-corrected chi connectivity index (χ0v) is 15.0. The minimum atomic E-state index is -0.303. The molecular weight excluding hydrogens is 316 g/mol. The Hall–Kier alpha value is -2.33. The number of para-hydroxylation sites is 1. The minimum absolute atomic E-state index is 0.184. The molecule has 2 aromatic carbocycles. The second-order valence-electron chi connectivity index (χ2n) is 6.13. The molecule has 0 spiro atoms. The Balaban J connectivity index is 2.06. The number of rotatable bonds is 6. The third-order valence-electron chi connectivity index (χ3n) is 4.36. The van der Waals surface area contributed by atoms with Crippen LogP contribution in [0, 0.1) is 0 Å². The summed E-state index contributed by atoms with van der Waals surface area (Å²) in [5.41, 5.74) is 3.38. The molecule has 1 unspecified atom stereocenters. The molecule has 132 valence electrons. The maximum absolute atomic E-state index is 12.8. The van der Waals surface area contributed by atoms with Gasteiger partial charge < -0.3 is 14.2 Å². The molecule has 3 rings (SSSR count). The summed E-state index contributed by atoms with van der Waals surface area (Å²) in [5.74, 6) is 1.26. The van der Waals surface area contributed by atoms with Crippen LogP contribution in [-0.2, 0) is 15.9 Å². The summed E-state index contributed by atoms with van der Waals surface area (Å²) in [6, 6.07) is 11.7. The highest BCUT2D eigenvalue weighted by Crippen LogP contribution is 2.40. The molecule has 1 atom stereocenters. The van der Waals surface area contributed by atoms with E-state index in [1.807, 2.05) is 57.2 Å². The van der Waals surface area contributed by atoms with Crippen molar-refractivity contribution in [2.24, 2.45) is 0 Å². The van der Waals surface area contributed by atoms with Gasteiger partial charge in [-0.2, -0.15) is 0 Å². The van der Waals surface area contributed by atoms with Gasteiger partial charge in [0.25, 0.3) is 0 Å². The van der Waals surface area contributed by atoms with E-state index >= 15 is 0 Å². The maximum atomic E-state index is 12.8. The molecule has 0 aromatic heterocycles. The third kappa shape index (κ3) is 3.54. The van der Waals surface area contributed by atoms with Crippen molar-refractivity contribution >= 4 is 5.97 Å². The molecule has 0 bridgehead atoms. The first-order valence-corrected chi connectivity index (χ1v) is 8.85. The molecule has 1 aliphatic heterocycles. The van der Waals surface area contributed by atoms with E-state index in [0.29, 0.717) is 25.2 Å². The van der Waals surface area contributed by atoms with Crippen LogP contribution in [0.25, 0.3) is 0 Å². The first-order valence-electron chi connectivity index (χ1n) is 8.85. The average Bonchev–Trinajstić information content (AvgIpc) is 2.63. The van der Waals surface area contributed by atoms with Crippen molar-refractivity contribution in [1.29, 1.82) is 0 Å². The molecular formula is C21H24O4. The number of benzene rings is 2. The number of hydrogen-bond donors (Lipinski definition) is 0. The summed E-state index contributed by atoms with van der Waals surface area (Å²) >= 11 is 0. The van der Waals surface area contributed by atoms with Crippen molar-refractivity contribution in [3.63, 3.8) is 0 Å². The molecule has 4 nitrogen and oxygen atoms in total. The van der Waals surface area contributed by atoms with E-state index in [0.717, 1.165) is 34.6 Å². The van der Waals surface area contributed by atoms with Crippen LogP contribution in [-0.4, -0.2) is 19.2 Å². The summed E-state index contributed by atoms with van der Waals surface area (Å²) in [4.78, 5) is 12.8. The van der Waals surface area contributed by atoms with E-state index in [-0.39, 0.29) is 12.1 Å². The predicted octanol–water partition coefficient (Wildman–Crippen LogP) is 5.05. The van der Waals surface area contributed by atoms with Crippen molar-refractivity contribution in [3.05, 3.63) is 58.7 Å². The lowest BCUT2D eigenvalue weighted by Crippen LogP contribution is -2.17. The fourth-order valence-electron chi connectivity index (χ4n) is 3.16. The monoisotopic (exact) mass is 340 g/mol. The largest absolute Gasteiger partial charge is 0.462 e. The Morgan fingerprint density at radius 3 is 2.72 bits per heavy atom. The molecule has 0 amide bonds. The summed E-state index contributed by atoms with van der Waals surface area (Å²) in [6.45, 7) is 6.88. The molecule has 0 radical (unpaired) electrons. The van der Waals surface area contributed by atoms with Crippen LogP contribution < -0.4 is 4.74 Å². The topological polar surface area (TPSA) is 44.8 Å². The normalized spacial score (nSPS) is 13.4. The van der Waals surface area contributed by atoms with Crippen molar-refractivity contribution in [1.82, 2.24) is 0 Å². The molecule has 0 aliphatic carbocycles. The summed E-state index contributed by atoms with van der Waals surface area (Å²) in [7, 11) is 0. The highest BCUT2D eigenvalue weighted by Gasteiger charge is 2.28. The van der Waals surface area contributed by atoms with E-state index in [1.165, 1.54) is 0 Å².